The average molecular weight is 496 g/mol. The van der Waals surface area contributed by atoms with Gasteiger partial charge in [0.05, 0.1) is 21.5 Å². The van der Waals surface area contributed by atoms with Crippen molar-refractivity contribution < 1.29 is 9.21 Å². The van der Waals surface area contributed by atoms with Gasteiger partial charge >= 0.3 is 5.63 Å². The van der Waals surface area contributed by atoms with Crippen LogP contribution in [0.1, 0.15) is 15.2 Å². The van der Waals surface area contributed by atoms with Crippen molar-refractivity contribution in [3.63, 3.8) is 0 Å². The number of nitrogen functional groups attached to an aromatic ring is 1. The highest BCUT2D eigenvalue weighted by molar-refractivity contribution is 7.23. The number of benzene rings is 3. The summed E-state index contributed by atoms with van der Waals surface area (Å²) in [4.78, 5) is 31.3. The van der Waals surface area contributed by atoms with E-state index in [4.69, 9.17) is 15.1 Å². The zero-order valence-electron chi connectivity index (χ0n) is 18.1. The van der Waals surface area contributed by atoms with Crippen LogP contribution in [0.3, 0.4) is 0 Å². The van der Waals surface area contributed by atoms with Crippen LogP contribution in [0.2, 0.25) is 0 Å². The first-order valence-electron chi connectivity index (χ1n) is 10.8. The standard InChI is InChI=1S/C27H17N3O3S2/c28-22-21(26-30-18-11-5-7-13-20(18)34-26)25(29-16-9-2-1-3-10-16)35-24(22)23(31)17-14-15-8-4-6-12-19(15)33-27(17)32/h1-14,29H,28H2. The van der Waals surface area contributed by atoms with Gasteiger partial charge in [0.1, 0.15) is 26.0 Å². The van der Waals surface area contributed by atoms with Crippen molar-refractivity contribution in [2.45, 2.75) is 0 Å². The monoisotopic (exact) mass is 495 g/mol. The number of para-hydroxylation sites is 3. The molecule has 3 N–H and O–H groups in total. The fourth-order valence-corrected chi connectivity index (χ4v) is 6.08. The minimum atomic E-state index is -0.694. The highest BCUT2D eigenvalue weighted by Gasteiger charge is 2.27. The molecule has 35 heavy (non-hydrogen) atoms. The molecule has 0 amide bonds. The Morgan fingerprint density at radius 2 is 1.66 bits per heavy atom. The highest BCUT2D eigenvalue weighted by atomic mass is 32.1. The van der Waals surface area contributed by atoms with Crippen LogP contribution in [0.5, 0.6) is 0 Å². The third kappa shape index (κ3) is 3.78. The Balaban J connectivity index is 1.52. The second-order valence-corrected chi connectivity index (χ2v) is 9.89. The van der Waals surface area contributed by atoms with Gasteiger partial charge in [-0.15, -0.1) is 22.7 Å². The quantitative estimate of drug-likeness (QED) is 0.204. The number of rotatable bonds is 5. The summed E-state index contributed by atoms with van der Waals surface area (Å²) in [6.45, 7) is 0. The van der Waals surface area contributed by atoms with Crippen molar-refractivity contribution in [1.82, 2.24) is 4.98 Å². The smallest absolute Gasteiger partial charge is 0.347 e. The third-order valence-electron chi connectivity index (χ3n) is 5.58. The zero-order valence-corrected chi connectivity index (χ0v) is 19.8. The first-order chi connectivity index (χ1) is 17.1. The number of nitrogens with two attached hydrogens (primary N) is 1. The molecule has 0 fully saturated rings. The maximum absolute atomic E-state index is 13.6. The normalized spacial score (nSPS) is 11.2. The van der Waals surface area contributed by atoms with E-state index in [1.807, 2.05) is 60.7 Å². The van der Waals surface area contributed by atoms with Gasteiger partial charge in [-0.1, -0.05) is 48.5 Å². The average Bonchev–Trinajstić information content (AvgIpc) is 3.44. The van der Waals surface area contributed by atoms with Gasteiger partial charge in [-0.2, -0.15) is 0 Å². The Labute approximate surface area is 207 Å². The number of nitrogens with zero attached hydrogens (tertiary/aromatic N) is 1. The van der Waals surface area contributed by atoms with E-state index in [0.29, 0.717) is 26.5 Å². The van der Waals surface area contributed by atoms with Gasteiger partial charge < -0.3 is 15.5 Å². The van der Waals surface area contributed by atoms with Crippen molar-refractivity contribution >= 4 is 66.0 Å². The minimum Gasteiger partial charge on any atom is -0.422 e. The van der Waals surface area contributed by atoms with Crippen LogP contribution in [0.4, 0.5) is 16.4 Å². The summed E-state index contributed by atoms with van der Waals surface area (Å²) in [5, 5.41) is 5.42. The molecule has 0 spiro atoms. The summed E-state index contributed by atoms with van der Waals surface area (Å²) in [6, 6.07) is 26.1. The van der Waals surface area contributed by atoms with E-state index in [-0.39, 0.29) is 16.1 Å². The molecule has 0 radical (unpaired) electrons. The molecule has 6 nitrogen and oxygen atoms in total. The Kier molecular flexibility index (Phi) is 5.17. The lowest BCUT2D eigenvalue weighted by Gasteiger charge is -2.06. The number of thiazole rings is 1. The fraction of sp³-hybridized carbons (Fsp3) is 0. The Hall–Kier alpha value is -4.27. The number of thiophene rings is 1. The van der Waals surface area contributed by atoms with Crippen LogP contribution in [-0.2, 0) is 0 Å². The maximum atomic E-state index is 13.6. The molecule has 6 aromatic rings. The van der Waals surface area contributed by atoms with Crippen molar-refractivity contribution in [1.29, 1.82) is 0 Å². The maximum Gasteiger partial charge on any atom is 0.347 e. The summed E-state index contributed by atoms with van der Waals surface area (Å²) >= 11 is 2.70. The molecular weight excluding hydrogens is 478 g/mol. The number of aromatic nitrogens is 1. The van der Waals surface area contributed by atoms with Gasteiger partial charge in [-0.25, -0.2) is 9.78 Å². The van der Waals surface area contributed by atoms with Crippen molar-refractivity contribution in [2.24, 2.45) is 0 Å². The van der Waals surface area contributed by atoms with Gasteiger partial charge in [0, 0.05) is 11.1 Å². The molecule has 3 aromatic carbocycles. The van der Waals surface area contributed by atoms with Crippen molar-refractivity contribution in [2.75, 3.05) is 11.1 Å². The molecule has 3 heterocycles. The van der Waals surface area contributed by atoms with Gasteiger partial charge in [0.2, 0.25) is 5.78 Å². The number of carbonyl (C=O) groups excluding carboxylic acids is 1. The number of hydrogen-bond donors (Lipinski definition) is 2. The van der Waals surface area contributed by atoms with E-state index in [0.717, 1.165) is 15.9 Å². The summed E-state index contributed by atoms with van der Waals surface area (Å²) < 4.78 is 6.41. The zero-order chi connectivity index (χ0) is 23.9. The lowest BCUT2D eigenvalue weighted by Crippen LogP contribution is -2.14. The van der Waals surface area contributed by atoms with Crippen molar-refractivity contribution in [3.05, 3.63) is 106 Å². The molecule has 0 atom stereocenters. The molecule has 8 heteroatoms. The van der Waals surface area contributed by atoms with Crippen LogP contribution < -0.4 is 16.7 Å². The first kappa shape index (κ1) is 21.3. The number of ketones is 1. The van der Waals surface area contributed by atoms with Crippen molar-refractivity contribution in [3.8, 4) is 10.6 Å². The molecule has 0 aliphatic carbocycles. The number of carbonyl (C=O) groups is 1. The number of nitrogens with one attached hydrogen (secondary N) is 1. The lowest BCUT2D eigenvalue weighted by molar-refractivity contribution is 0.104. The molecule has 6 rings (SSSR count). The number of fused-ring (bicyclic) bond motifs is 2. The van der Waals surface area contributed by atoms with E-state index < -0.39 is 11.4 Å². The molecule has 0 aliphatic heterocycles. The number of hydrogen-bond acceptors (Lipinski definition) is 8. The summed E-state index contributed by atoms with van der Waals surface area (Å²) in [5.74, 6) is -0.476. The van der Waals surface area contributed by atoms with Gasteiger partial charge in [-0.3, -0.25) is 4.79 Å². The molecule has 0 saturated carbocycles. The van der Waals surface area contributed by atoms with Crippen LogP contribution in [-0.4, -0.2) is 10.8 Å². The molecular formula is C27H17N3O3S2. The SMILES string of the molecule is Nc1c(C(=O)c2cc3ccccc3oc2=O)sc(Nc2ccccc2)c1-c1nc2ccccc2s1. The van der Waals surface area contributed by atoms with E-state index in [9.17, 15) is 9.59 Å². The lowest BCUT2D eigenvalue weighted by atomic mass is 10.1. The van der Waals surface area contributed by atoms with E-state index >= 15 is 0 Å². The second-order valence-electron chi connectivity index (χ2n) is 7.84. The van der Waals surface area contributed by atoms with Crippen LogP contribution in [0, 0.1) is 0 Å². The summed E-state index contributed by atoms with van der Waals surface area (Å²) in [7, 11) is 0. The predicted molar refractivity (Wildman–Crippen MR) is 143 cm³/mol. The number of anilines is 3. The van der Waals surface area contributed by atoms with Gasteiger partial charge in [0.25, 0.3) is 0 Å². The molecule has 170 valence electrons. The molecule has 0 aliphatic rings. The van der Waals surface area contributed by atoms with Crippen LogP contribution in [0.15, 0.2) is 94.1 Å². The Bertz CT molecular complexity index is 1750. The summed E-state index contributed by atoms with van der Waals surface area (Å²) in [6.07, 6.45) is 0. The van der Waals surface area contributed by atoms with E-state index in [1.54, 1.807) is 24.3 Å². The van der Waals surface area contributed by atoms with Crippen LogP contribution >= 0.6 is 22.7 Å². The highest BCUT2D eigenvalue weighted by Crippen LogP contribution is 2.47. The molecule has 0 bridgehead atoms. The molecule has 0 unspecified atom stereocenters. The topological polar surface area (TPSA) is 98.2 Å². The van der Waals surface area contributed by atoms with E-state index in [2.05, 4.69) is 5.32 Å². The third-order valence-corrected chi connectivity index (χ3v) is 7.75. The summed E-state index contributed by atoms with van der Waals surface area (Å²) in [5.41, 5.74) is 8.90. The second kappa shape index (κ2) is 8.50. The fourth-order valence-electron chi connectivity index (χ4n) is 3.89. The molecule has 0 saturated heterocycles. The van der Waals surface area contributed by atoms with E-state index in [1.165, 1.54) is 22.7 Å². The minimum absolute atomic E-state index is 0.0567. The van der Waals surface area contributed by atoms with Gasteiger partial charge in [0.15, 0.2) is 0 Å². The Morgan fingerprint density at radius 1 is 0.914 bits per heavy atom. The largest absolute Gasteiger partial charge is 0.422 e. The first-order valence-corrected chi connectivity index (χ1v) is 12.4. The van der Waals surface area contributed by atoms with Crippen LogP contribution in [0.25, 0.3) is 31.8 Å². The van der Waals surface area contributed by atoms with Gasteiger partial charge in [-0.05, 0) is 36.4 Å². The molecule has 3 aromatic heterocycles. The Morgan fingerprint density at radius 3 is 2.49 bits per heavy atom. The predicted octanol–water partition coefficient (Wildman–Crippen LogP) is 6.69.